The van der Waals surface area contributed by atoms with Crippen molar-refractivity contribution in [3.63, 3.8) is 0 Å². The molecule has 1 aliphatic carbocycles. The van der Waals surface area contributed by atoms with Crippen LogP contribution in [0.5, 0.6) is 0 Å². The summed E-state index contributed by atoms with van der Waals surface area (Å²) in [6, 6.07) is 7.71. The van der Waals surface area contributed by atoms with Crippen LogP contribution in [-0.2, 0) is 9.59 Å². The van der Waals surface area contributed by atoms with E-state index in [1.54, 1.807) is 4.90 Å². The zero-order valence-corrected chi connectivity index (χ0v) is 20.0. The fourth-order valence-electron chi connectivity index (χ4n) is 3.76. The highest BCUT2D eigenvalue weighted by Gasteiger charge is 2.35. The van der Waals surface area contributed by atoms with Crippen molar-refractivity contribution in [3.05, 3.63) is 24.3 Å². The maximum Gasteiger partial charge on any atom is 0.317 e. The third-order valence-electron chi connectivity index (χ3n) is 5.71. The van der Waals surface area contributed by atoms with E-state index >= 15 is 0 Å². The highest BCUT2D eigenvalue weighted by molar-refractivity contribution is 5.95. The van der Waals surface area contributed by atoms with Gasteiger partial charge in [-0.25, -0.2) is 4.79 Å². The van der Waals surface area contributed by atoms with Crippen molar-refractivity contribution in [2.24, 2.45) is 5.92 Å². The molecule has 0 unspecified atom stereocenters. The van der Waals surface area contributed by atoms with Crippen LogP contribution >= 0.6 is 0 Å². The second kappa shape index (κ2) is 9.79. The van der Waals surface area contributed by atoms with Crippen LogP contribution in [0.4, 0.5) is 16.2 Å². The summed E-state index contributed by atoms with van der Waals surface area (Å²) >= 11 is 0. The molecule has 4 amide bonds. The number of carbonyl (C=O) groups excluding carboxylic acids is 3. The molecule has 1 aromatic carbocycles. The van der Waals surface area contributed by atoms with Gasteiger partial charge >= 0.3 is 6.03 Å². The molecule has 2 aliphatic rings. The number of nitrogens with zero attached hydrogens (tertiary/aromatic N) is 3. The van der Waals surface area contributed by atoms with Gasteiger partial charge in [-0.2, -0.15) is 0 Å². The number of rotatable bonds is 6. The first-order chi connectivity index (χ1) is 15.0. The van der Waals surface area contributed by atoms with E-state index in [9.17, 15) is 14.4 Å². The molecular formula is C24H37N5O3. The van der Waals surface area contributed by atoms with Gasteiger partial charge in [-0.3, -0.25) is 9.59 Å². The summed E-state index contributed by atoms with van der Waals surface area (Å²) in [6.07, 6.45) is 1.86. The predicted octanol–water partition coefficient (Wildman–Crippen LogP) is 2.90. The van der Waals surface area contributed by atoms with Crippen LogP contribution in [0.25, 0.3) is 0 Å². The number of hydrogen-bond acceptors (Lipinski definition) is 4. The molecule has 1 aromatic rings. The Kier molecular flexibility index (Phi) is 7.31. The molecule has 3 rings (SSSR count). The van der Waals surface area contributed by atoms with Gasteiger partial charge in [0.05, 0.1) is 0 Å². The Hall–Kier alpha value is -2.77. The van der Waals surface area contributed by atoms with Crippen molar-refractivity contribution in [1.29, 1.82) is 0 Å². The Morgan fingerprint density at radius 1 is 1.03 bits per heavy atom. The molecule has 0 bridgehead atoms. The maximum absolute atomic E-state index is 12.5. The van der Waals surface area contributed by atoms with Crippen molar-refractivity contribution in [2.75, 3.05) is 42.9 Å². The summed E-state index contributed by atoms with van der Waals surface area (Å²) in [7, 11) is 0. The monoisotopic (exact) mass is 443 g/mol. The van der Waals surface area contributed by atoms with E-state index in [1.165, 1.54) is 0 Å². The average molecular weight is 444 g/mol. The van der Waals surface area contributed by atoms with Gasteiger partial charge in [0.2, 0.25) is 11.8 Å². The minimum Gasteiger partial charge on any atom is -0.368 e. The van der Waals surface area contributed by atoms with Crippen molar-refractivity contribution in [3.8, 4) is 0 Å². The van der Waals surface area contributed by atoms with Crippen molar-refractivity contribution < 1.29 is 14.4 Å². The molecule has 1 aliphatic heterocycles. The van der Waals surface area contributed by atoms with Crippen molar-refractivity contribution >= 4 is 29.2 Å². The van der Waals surface area contributed by atoms with Crippen LogP contribution in [0.2, 0.25) is 0 Å². The van der Waals surface area contributed by atoms with Gasteiger partial charge in [-0.1, -0.05) is 0 Å². The zero-order valence-electron chi connectivity index (χ0n) is 20.0. The topological polar surface area (TPSA) is 85.0 Å². The predicted molar refractivity (Wildman–Crippen MR) is 127 cm³/mol. The lowest BCUT2D eigenvalue weighted by molar-refractivity contribution is -0.137. The van der Waals surface area contributed by atoms with Gasteiger partial charge < -0.3 is 25.3 Å². The first kappa shape index (κ1) is 23.9. The van der Waals surface area contributed by atoms with Crippen molar-refractivity contribution in [1.82, 2.24) is 15.1 Å². The van der Waals surface area contributed by atoms with Crippen LogP contribution in [0.3, 0.4) is 0 Å². The Morgan fingerprint density at radius 3 is 2.12 bits per heavy atom. The molecule has 2 fully saturated rings. The Bertz CT molecular complexity index is 819. The average Bonchev–Trinajstić information content (AvgIpc) is 3.56. The molecular weight excluding hydrogens is 406 g/mol. The number of hydrogen-bond donors (Lipinski definition) is 2. The quantitative estimate of drug-likeness (QED) is 0.708. The summed E-state index contributed by atoms with van der Waals surface area (Å²) in [6.45, 7) is 12.7. The zero-order chi connectivity index (χ0) is 23.5. The molecule has 0 radical (unpaired) electrons. The van der Waals surface area contributed by atoms with Gasteiger partial charge in [0.15, 0.2) is 0 Å². The second-order valence-corrected chi connectivity index (χ2v) is 10.1. The first-order valence-corrected chi connectivity index (χ1v) is 11.6. The van der Waals surface area contributed by atoms with Crippen LogP contribution in [0.1, 0.15) is 47.5 Å². The summed E-state index contributed by atoms with van der Waals surface area (Å²) in [5.41, 5.74) is 1.53. The van der Waals surface area contributed by atoms with Gasteiger partial charge in [-0.15, -0.1) is 0 Å². The number of nitrogens with one attached hydrogen (secondary N) is 2. The van der Waals surface area contributed by atoms with Crippen LogP contribution < -0.4 is 15.5 Å². The molecule has 0 spiro atoms. The molecule has 1 heterocycles. The van der Waals surface area contributed by atoms with Crippen LogP contribution in [0, 0.1) is 5.92 Å². The molecule has 8 nitrogen and oxygen atoms in total. The number of amides is 4. The SMILES string of the molecule is CC(C)N(CC(=O)Nc1ccc(N2CCN(C(=O)NC(C)(C)C)CC2)cc1)C(=O)C1CC1. The molecule has 2 N–H and O–H groups in total. The van der Waals surface area contributed by atoms with Crippen molar-refractivity contribution in [2.45, 2.75) is 59.0 Å². The summed E-state index contributed by atoms with van der Waals surface area (Å²) in [4.78, 5) is 43.0. The van der Waals surface area contributed by atoms with E-state index in [-0.39, 0.29) is 41.9 Å². The molecule has 8 heteroatoms. The fourth-order valence-corrected chi connectivity index (χ4v) is 3.76. The lowest BCUT2D eigenvalue weighted by Gasteiger charge is -2.37. The molecule has 1 saturated heterocycles. The molecule has 176 valence electrons. The lowest BCUT2D eigenvalue weighted by atomic mass is 10.1. The number of benzene rings is 1. The lowest BCUT2D eigenvalue weighted by Crippen LogP contribution is -2.55. The standard InChI is InChI=1S/C24H37N5O3/c1-17(2)29(22(31)18-6-7-18)16-21(30)25-19-8-10-20(11-9-19)27-12-14-28(15-13-27)23(32)26-24(3,4)5/h8-11,17-18H,6-7,12-16H2,1-5H3,(H,25,30)(H,26,32). The third kappa shape index (κ3) is 6.61. The summed E-state index contributed by atoms with van der Waals surface area (Å²) in [5.74, 6) is 0.00392. The van der Waals surface area contributed by atoms with E-state index in [0.717, 1.165) is 31.6 Å². The number of urea groups is 1. The number of piperazine rings is 1. The van der Waals surface area contributed by atoms with E-state index in [4.69, 9.17) is 0 Å². The first-order valence-electron chi connectivity index (χ1n) is 11.6. The van der Waals surface area contributed by atoms with Gasteiger partial charge in [0.25, 0.3) is 0 Å². The Labute approximate surface area is 191 Å². The van der Waals surface area contributed by atoms with Gasteiger partial charge in [-0.05, 0) is 71.7 Å². The van der Waals surface area contributed by atoms with Gasteiger partial charge in [0.1, 0.15) is 6.54 Å². The van der Waals surface area contributed by atoms with Gasteiger partial charge in [0, 0.05) is 55.1 Å². The molecule has 32 heavy (non-hydrogen) atoms. The third-order valence-corrected chi connectivity index (χ3v) is 5.71. The fraction of sp³-hybridized carbons (Fsp3) is 0.625. The van der Waals surface area contributed by atoms with Crippen LogP contribution in [-0.4, -0.2) is 71.9 Å². The smallest absolute Gasteiger partial charge is 0.317 e. The van der Waals surface area contributed by atoms with E-state index in [1.807, 2.05) is 63.8 Å². The molecule has 0 aromatic heterocycles. The minimum atomic E-state index is -0.244. The number of anilines is 2. The minimum absolute atomic E-state index is 0.000345. The summed E-state index contributed by atoms with van der Waals surface area (Å²) < 4.78 is 0. The molecule has 0 atom stereocenters. The van der Waals surface area contributed by atoms with E-state index < -0.39 is 0 Å². The maximum atomic E-state index is 12.5. The van der Waals surface area contributed by atoms with E-state index in [0.29, 0.717) is 18.8 Å². The normalized spacial score (nSPS) is 16.7. The summed E-state index contributed by atoms with van der Waals surface area (Å²) in [5, 5.41) is 5.91. The highest BCUT2D eigenvalue weighted by atomic mass is 16.2. The Morgan fingerprint density at radius 2 is 1.62 bits per heavy atom. The molecule has 1 saturated carbocycles. The second-order valence-electron chi connectivity index (χ2n) is 10.1. The van der Waals surface area contributed by atoms with E-state index in [2.05, 4.69) is 15.5 Å². The Balaban J connectivity index is 1.49. The largest absolute Gasteiger partial charge is 0.368 e. The number of carbonyl (C=O) groups is 3. The van der Waals surface area contributed by atoms with Crippen LogP contribution in [0.15, 0.2) is 24.3 Å². The highest BCUT2D eigenvalue weighted by Crippen LogP contribution is 2.31.